The largest absolute Gasteiger partial charge is 0.334 e. The lowest BCUT2D eigenvalue weighted by Gasteiger charge is -2.18. The number of rotatable bonds is 6. The molecule has 0 bridgehead atoms. The summed E-state index contributed by atoms with van der Waals surface area (Å²) in [5.74, 6) is 0. The first-order valence-corrected chi connectivity index (χ1v) is 9.55. The summed E-state index contributed by atoms with van der Waals surface area (Å²) in [4.78, 5) is 15.2. The van der Waals surface area contributed by atoms with Crippen LogP contribution in [0.1, 0.15) is 16.0 Å². The second-order valence-electron chi connectivity index (χ2n) is 5.72. The molecule has 7 heteroatoms. The number of urea groups is 1. The zero-order chi connectivity index (χ0) is 17.6. The number of carbonyl (C=O) groups is 1. The van der Waals surface area contributed by atoms with Gasteiger partial charge in [-0.05, 0) is 39.2 Å². The molecule has 2 aromatic heterocycles. The molecule has 1 aromatic carbocycles. The van der Waals surface area contributed by atoms with Gasteiger partial charge in [0, 0.05) is 40.7 Å². The highest BCUT2D eigenvalue weighted by atomic mass is 79.9. The van der Waals surface area contributed by atoms with E-state index in [1.165, 1.54) is 0 Å². The lowest BCUT2D eigenvalue weighted by atomic mass is 10.1. The quantitative estimate of drug-likeness (QED) is 0.654. The van der Waals surface area contributed by atoms with Crippen molar-refractivity contribution >= 4 is 33.3 Å². The number of benzene rings is 1. The summed E-state index contributed by atoms with van der Waals surface area (Å²) in [6.45, 7) is 1.78. The minimum absolute atomic E-state index is 0.0848. The molecule has 25 heavy (non-hydrogen) atoms. The highest BCUT2D eigenvalue weighted by Crippen LogP contribution is 2.20. The molecule has 5 nitrogen and oxygen atoms in total. The van der Waals surface area contributed by atoms with Crippen LogP contribution in [0.15, 0.2) is 58.6 Å². The average Bonchev–Trinajstić information content (AvgIpc) is 3.25. The van der Waals surface area contributed by atoms with Crippen molar-refractivity contribution in [3.8, 4) is 0 Å². The summed E-state index contributed by atoms with van der Waals surface area (Å²) < 4.78 is 2.93. The van der Waals surface area contributed by atoms with Gasteiger partial charge in [-0.3, -0.25) is 4.68 Å². The zero-order valence-electron chi connectivity index (χ0n) is 13.9. The first-order valence-electron chi connectivity index (χ1n) is 7.88. The van der Waals surface area contributed by atoms with Gasteiger partial charge in [-0.15, -0.1) is 11.3 Å². The van der Waals surface area contributed by atoms with Gasteiger partial charge in [-0.1, -0.05) is 24.3 Å². The van der Waals surface area contributed by atoms with Crippen molar-refractivity contribution in [1.82, 2.24) is 20.0 Å². The van der Waals surface area contributed by atoms with Crippen LogP contribution in [0.3, 0.4) is 0 Å². The molecular weight excluding hydrogens is 400 g/mol. The number of amides is 2. The van der Waals surface area contributed by atoms with Crippen LogP contribution in [0, 0.1) is 0 Å². The first-order chi connectivity index (χ1) is 12.1. The smallest absolute Gasteiger partial charge is 0.317 e. The van der Waals surface area contributed by atoms with Gasteiger partial charge in [-0.2, -0.15) is 5.10 Å². The molecule has 0 unspecified atom stereocenters. The fraction of sp³-hybridized carbons (Fsp3) is 0.222. The van der Waals surface area contributed by atoms with Gasteiger partial charge in [0.2, 0.25) is 0 Å². The predicted octanol–water partition coefficient (Wildman–Crippen LogP) is 4.10. The molecule has 0 aliphatic heterocycles. The van der Waals surface area contributed by atoms with Crippen LogP contribution in [0.25, 0.3) is 0 Å². The van der Waals surface area contributed by atoms with Crippen LogP contribution < -0.4 is 5.32 Å². The molecule has 0 saturated heterocycles. The number of nitrogens with zero attached hydrogens (tertiary/aromatic N) is 3. The van der Waals surface area contributed by atoms with E-state index >= 15 is 0 Å². The van der Waals surface area contributed by atoms with Crippen LogP contribution in [-0.4, -0.2) is 27.8 Å². The second kappa shape index (κ2) is 8.31. The van der Waals surface area contributed by atoms with Gasteiger partial charge < -0.3 is 10.2 Å². The van der Waals surface area contributed by atoms with Crippen LogP contribution in [-0.2, 0) is 19.6 Å². The third-order valence-corrected chi connectivity index (χ3v) is 5.48. The van der Waals surface area contributed by atoms with Crippen molar-refractivity contribution in [1.29, 1.82) is 0 Å². The number of aromatic nitrogens is 2. The van der Waals surface area contributed by atoms with Gasteiger partial charge in [0.15, 0.2) is 0 Å². The summed E-state index contributed by atoms with van der Waals surface area (Å²) in [5, 5.41) is 9.26. The average molecular weight is 419 g/mol. The van der Waals surface area contributed by atoms with Crippen molar-refractivity contribution in [2.45, 2.75) is 19.6 Å². The second-order valence-corrected chi connectivity index (χ2v) is 7.63. The molecule has 1 N–H and O–H groups in total. The molecule has 2 heterocycles. The van der Waals surface area contributed by atoms with Crippen LogP contribution in [0.4, 0.5) is 4.79 Å². The summed E-state index contributed by atoms with van der Waals surface area (Å²) in [6.07, 6.45) is 3.70. The molecule has 2 amide bonds. The fourth-order valence-electron chi connectivity index (χ4n) is 2.50. The Kier molecular flexibility index (Phi) is 5.88. The van der Waals surface area contributed by atoms with Crippen molar-refractivity contribution in [3.05, 3.63) is 74.6 Å². The Bertz CT molecular complexity index is 831. The van der Waals surface area contributed by atoms with E-state index < -0.39 is 0 Å². The highest BCUT2D eigenvalue weighted by molar-refractivity contribution is 9.10. The minimum Gasteiger partial charge on any atom is -0.334 e. The molecule has 0 radical (unpaired) electrons. The molecule has 0 aliphatic rings. The lowest BCUT2D eigenvalue weighted by Crippen LogP contribution is -2.36. The molecule has 3 aromatic rings. The van der Waals surface area contributed by atoms with Gasteiger partial charge in [-0.25, -0.2) is 4.79 Å². The maximum atomic E-state index is 12.3. The molecule has 0 fully saturated rings. The molecule has 0 aliphatic carbocycles. The van der Waals surface area contributed by atoms with Crippen molar-refractivity contribution in [2.75, 3.05) is 7.05 Å². The van der Waals surface area contributed by atoms with E-state index in [9.17, 15) is 4.79 Å². The summed E-state index contributed by atoms with van der Waals surface area (Å²) in [7, 11) is 1.80. The molecule has 0 atom stereocenters. The van der Waals surface area contributed by atoms with Gasteiger partial charge in [0.05, 0.1) is 13.1 Å². The number of hydrogen-bond donors (Lipinski definition) is 1. The SMILES string of the molecule is CN(Cc1cc(Br)cs1)C(=O)NCc1ccccc1Cn1cccn1. The number of nitrogens with one attached hydrogen (secondary N) is 1. The monoisotopic (exact) mass is 418 g/mol. The fourth-order valence-corrected chi connectivity index (χ4v) is 4.00. The minimum atomic E-state index is -0.0848. The predicted molar refractivity (Wildman–Crippen MR) is 103 cm³/mol. The van der Waals surface area contributed by atoms with E-state index in [0.717, 1.165) is 20.5 Å². The number of carbonyl (C=O) groups excluding carboxylic acids is 1. The summed E-state index contributed by atoms with van der Waals surface area (Å²) >= 11 is 5.07. The zero-order valence-corrected chi connectivity index (χ0v) is 16.3. The van der Waals surface area contributed by atoms with E-state index in [0.29, 0.717) is 19.6 Å². The number of halogens is 1. The van der Waals surface area contributed by atoms with Crippen LogP contribution in [0.5, 0.6) is 0 Å². The Labute approximate surface area is 159 Å². The maximum Gasteiger partial charge on any atom is 0.317 e. The lowest BCUT2D eigenvalue weighted by molar-refractivity contribution is 0.207. The van der Waals surface area contributed by atoms with E-state index in [-0.39, 0.29) is 6.03 Å². The number of hydrogen-bond acceptors (Lipinski definition) is 3. The summed E-state index contributed by atoms with van der Waals surface area (Å²) in [6, 6.07) is 12.0. The molecular formula is C18H19BrN4OS. The third-order valence-electron chi connectivity index (χ3n) is 3.80. The van der Waals surface area contributed by atoms with Crippen LogP contribution >= 0.6 is 27.3 Å². The molecule has 0 saturated carbocycles. The first kappa shape index (κ1) is 17.7. The van der Waals surface area contributed by atoms with E-state index in [1.54, 1.807) is 29.5 Å². The van der Waals surface area contributed by atoms with E-state index in [2.05, 4.69) is 32.4 Å². The molecule has 130 valence electrons. The normalized spacial score (nSPS) is 10.6. The maximum absolute atomic E-state index is 12.3. The standard InChI is InChI=1S/C18H19BrN4OS/c1-22(12-17-9-16(19)13-25-17)18(24)20-10-14-5-2-3-6-15(14)11-23-8-4-7-21-23/h2-9,13H,10-12H2,1H3,(H,20,24). The van der Waals surface area contributed by atoms with E-state index in [1.807, 2.05) is 46.6 Å². The highest BCUT2D eigenvalue weighted by Gasteiger charge is 2.11. The Balaban J connectivity index is 1.58. The molecule has 0 spiro atoms. The van der Waals surface area contributed by atoms with Gasteiger partial charge in [0.1, 0.15) is 0 Å². The third kappa shape index (κ3) is 4.93. The Morgan fingerprint density at radius 1 is 1.32 bits per heavy atom. The van der Waals surface area contributed by atoms with Crippen molar-refractivity contribution < 1.29 is 4.79 Å². The topological polar surface area (TPSA) is 50.2 Å². The number of thiophene rings is 1. The van der Waals surface area contributed by atoms with Gasteiger partial charge >= 0.3 is 6.03 Å². The van der Waals surface area contributed by atoms with E-state index in [4.69, 9.17) is 0 Å². The van der Waals surface area contributed by atoms with Crippen molar-refractivity contribution in [2.24, 2.45) is 0 Å². The Morgan fingerprint density at radius 2 is 2.12 bits per heavy atom. The van der Waals surface area contributed by atoms with Crippen molar-refractivity contribution in [3.63, 3.8) is 0 Å². The van der Waals surface area contributed by atoms with Gasteiger partial charge in [0.25, 0.3) is 0 Å². The molecule has 3 rings (SSSR count). The summed E-state index contributed by atoms with van der Waals surface area (Å²) in [5.41, 5.74) is 2.25. The Morgan fingerprint density at radius 3 is 2.80 bits per heavy atom. The Hall–Kier alpha value is -2.12. The van der Waals surface area contributed by atoms with Crippen LogP contribution in [0.2, 0.25) is 0 Å².